The number of rotatable bonds is 7. The van der Waals surface area contributed by atoms with Crippen molar-refractivity contribution in [2.75, 3.05) is 35.2 Å². The zero-order chi connectivity index (χ0) is 20.1. The summed E-state index contributed by atoms with van der Waals surface area (Å²) in [6.07, 6.45) is 3.14. The van der Waals surface area contributed by atoms with E-state index in [1.807, 2.05) is 19.1 Å². The van der Waals surface area contributed by atoms with Gasteiger partial charge >= 0.3 is 0 Å². The minimum atomic E-state index is -0.173. The highest BCUT2D eigenvalue weighted by Crippen LogP contribution is 2.24. The fourth-order valence-electron chi connectivity index (χ4n) is 3.63. The van der Waals surface area contributed by atoms with E-state index in [0.29, 0.717) is 24.4 Å². The van der Waals surface area contributed by atoms with Crippen LogP contribution in [-0.2, 0) is 6.42 Å². The summed E-state index contributed by atoms with van der Waals surface area (Å²) >= 11 is 0. The van der Waals surface area contributed by atoms with E-state index < -0.39 is 0 Å². The Balaban J connectivity index is 1.38. The number of hydrogen-bond donors (Lipinski definition) is 2. The van der Waals surface area contributed by atoms with Crippen LogP contribution in [0.15, 0.2) is 54.6 Å². The van der Waals surface area contributed by atoms with Crippen molar-refractivity contribution in [1.82, 2.24) is 9.97 Å². The first kappa shape index (κ1) is 19.2. The maximum absolute atomic E-state index is 13.7. The molecular formula is C23H26FN5. The van der Waals surface area contributed by atoms with Crippen LogP contribution in [0.25, 0.3) is 0 Å². The Morgan fingerprint density at radius 1 is 0.966 bits per heavy atom. The Morgan fingerprint density at radius 3 is 2.45 bits per heavy atom. The Morgan fingerprint density at radius 2 is 1.69 bits per heavy atom. The monoisotopic (exact) mass is 391 g/mol. The minimum absolute atomic E-state index is 0.173. The SMILES string of the molecule is Cc1nc(NCCc2ccccc2F)cc(Nc2ccc(N3CCCC3)cc2)n1. The maximum atomic E-state index is 13.7. The number of nitrogens with zero attached hydrogens (tertiary/aromatic N) is 3. The summed E-state index contributed by atoms with van der Waals surface area (Å²) in [7, 11) is 0. The molecular weight excluding hydrogens is 365 g/mol. The summed E-state index contributed by atoms with van der Waals surface area (Å²) in [6.45, 7) is 4.74. The number of anilines is 4. The predicted octanol–water partition coefficient (Wildman–Crippen LogP) is 4.92. The van der Waals surface area contributed by atoms with E-state index in [2.05, 4.69) is 49.8 Å². The van der Waals surface area contributed by atoms with Gasteiger partial charge < -0.3 is 15.5 Å². The van der Waals surface area contributed by atoms with E-state index in [4.69, 9.17) is 0 Å². The van der Waals surface area contributed by atoms with Crippen LogP contribution in [-0.4, -0.2) is 29.6 Å². The maximum Gasteiger partial charge on any atom is 0.136 e. The Labute approximate surface area is 171 Å². The number of hydrogen-bond acceptors (Lipinski definition) is 5. The van der Waals surface area contributed by atoms with Crippen LogP contribution in [0.3, 0.4) is 0 Å². The molecule has 2 heterocycles. The number of aryl methyl sites for hydroxylation is 1. The van der Waals surface area contributed by atoms with E-state index >= 15 is 0 Å². The second kappa shape index (κ2) is 8.90. The highest BCUT2D eigenvalue weighted by atomic mass is 19.1. The van der Waals surface area contributed by atoms with Gasteiger partial charge in [-0.15, -0.1) is 0 Å². The van der Waals surface area contributed by atoms with Gasteiger partial charge in [0.15, 0.2) is 0 Å². The van der Waals surface area contributed by atoms with Crippen LogP contribution in [0.2, 0.25) is 0 Å². The van der Waals surface area contributed by atoms with Crippen molar-refractivity contribution in [3.63, 3.8) is 0 Å². The lowest BCUT2D eigenvalue weighted by Crippen LogP contribution is -2.17. The second-order valence-corrected chi connectivity index (χ2v) is 7.32. The standard InChI is InChI=1S/C23H26FN5/c1-17-26-22(25-13-12-18-6-2-3-7-21(18)24)16-23(27-17)28-19-8-10-20(11-9-19)29-14-4-5-15-29/h2-3,6-11,16H,4-5,12-15H2,1H3,(H2,25,26,27,28). The average molecular weight is 391 g/mol. The normalized spacial score (nSPS) is 13.5. The molecule has 1 fully saturated rings. The average Bonchev–Trinajstić information content (AvgIpc) is 3.24. The van der Waals surface area contributed by atoms with Crippen molar-refractivity contribution in [2.24, 2.45) is 0 Å². The lowest BCUT2D eigenvalue weighted by atomic mass is 10.1. The van der Waals surface area contributed by atoms with E-state index in [9.17, 15) is 4.39 Å². The first-order chi connectivity index (χ1) is 14.2. The summed E-state index contributed by atoms with van der Waals surface area (Å²) < 4.78 is 13.7. The Hall–Kier alpha value is -3.15. The van der Waals surface area contributed by atoms with E-state index in [-0.39, 0.29) is 5.82 Å². The fraction of sp³-hybridized carbons (Fsp3) is 0.304. The Kier molecular flexibility index (Phi) is 5.89. The van der Waals surface area contributed by atoms with Gasteiger partial charge in [0.1, 0.15) is 23.3 Å². The molecule has 0 radical (unpaired) electrons. The smallest absolute Gasteiger partial charge is 0.136 e. The first-order valence-electron chi connectivity index (χ1n) is 10.1. The van der Waals surface area contributed by atoms with Crippen molar-refractivity contribution >= 4 is 23.0 Å². The van der Waals surface area contributed by atoms with Gasteiger partial charge in [-0.1, -0.05) is 18.2 Å². The third-order valence-corrected chi connectivity index (χ3v) is 5.11. The highest BCUT2D eigenvalue weighted by Gasteiger charge is 2.12. The molecule has 4 rings (SSSR count). The van der Waals surface area contributed by atoms with Gasteiger partial charge in [-0.25, -0.2) is 14.4 Å². The van der Waals surface area contributed by atoms with Crippen LogP contribution < -0.4 is 15.5 Å². The molecule has 1 saturated heterocycles. The number of nitrogens with one attached hydrogen (secondary N) is 2. The van der Waals surface area contributed by atoms with Crippen LogP contribution in [0, 0.1) is 12.7 Å². The molecule has 150 valence electrons. The van der Waals surface area contributed by atoms with Crippen molar-refractivity contribution in [3.8, 4) is 0 Å². The first-order valence-corrected chi connectivity index (χ1v) is 10.1. The molecule has 0 spiro atoms. The molecule has 0 unspecified atom stereocenters. The molecule has 3 aromatic rings. The molecule has 2 aromatic carbocycles. The molecule has 6 heteroatoms. The van der Waals surface area contributed by atoms with Crippen LogP contribution in [0.5, 0.6) is 0 Å². The van der Waals surface area contributed by atoms with E-state index in [1.54, 1.807) is 12.1 Å². The van der Waals surface area contributed by atoms with Crippen LogP contribution in [0.4, 0.5) is 27.4 Å². The van der Waals surface area contributed by atoms with Crippen molar-refractivity contribution < 1.29 is 4.39 Å². The van der Waals surface area contributed by atoms with Gasteiger partial charge in [0.2, 0.25) is 0 Å². The third-order valence-electron chi connectivity index (χ3n) is 5.11. The third kappa shape index (κ3) is 5.02. The summed E-state index contributed by atoms with van der Waals surface area (Å²) in [5.41, 5.74) is 2.95. The largest absolute Gasteiger partial charge is 0.372 e. The molecule has 1 aliphatic heterocycles. The lowest BCUT2D eigenvalue weighted by Gasteiger charge is -2.18. The zero-order valence-corrected chi connectivity index (χ0v) is 16.7. The molecule has 29 heavy (non-hydrogen) atoms. The van der Waals surface area contributed by atoms with E-state index in [0.717, 1.165) is 30.4 Å². The van der Waals surface area contributed by atoms with E-state index in [1.165, 1.54) is 24.6 Å². The number of halogens is 1. The van der Waals surface area contributed by atoms with Crippen molar-refractivity contribution in [2.45, 2.75) is 26.2 Å². The zero-order valence-electron chi connectivity index (χ0n) is 16.7. The summed E-state index contributed by atoms with van der Waals surface area (Å²) in [5, 5.41) is 6.62. The second-order valence-electron chi connectivity index (χ2n) is 7.32. The Bertz CT molecular complexity index is 952. The van der Waals surface area contributed by atoms with Gasteiger partial charge in [-0.3, -0.25) is 0 Å². The summed E-state index contributed by atoms with van der Waals surface area (Å²) in [5.74, 6) is 1.97. The highest BCUT2D eigenvalue weighted by molar-refractivity contribution is 5.62. The van der Waals surface area contributed by atoms with Gasteiger partial charge in [0.05, 0.1) is 0 Å². The van der Waals surface area contributed by atoms with Crippen molar-refractivity contribution in [3.05, 3.63) is 71.8 Å². The van der Waals surface area contributed by atoms with Gasteiger partial charge in [-0.05, 0) is 62.1 Å². The topological polar surface area (TPSA) is 53.1 Å². The quantitative estimate of drug-likeness (QED) is 0.599. The number of benzene rings is 2. The summed E-state index contributed by atoms with van der Waals surface area (Å²) in [4.78, 5) is 11.3. The van der Waals surface area contributed by atoms with Gasteiger partial charge in [0.25, 0.3) is 0 Å². The molecule has 1 aromatic heterocycles. The van der Waals surface area contributed by atoms with Crippen LogP contribution >= 0.6 is 0 Å². The van der Waals surface area contributed by atoms with Crippen molar-refractivity contribution in [1.29, 1.82) is 0 Å². The molecule has 0 saturated carbocycles. The fourth-order valence-corrected chi connectivity index (χ4v) is 3.63. The molecule has 0 atom stereocenters. The molecule has 0 amide bonds. The minimum Gasteiger partial charge on any atom is -0.372 e. The predicted molar refractivity (Wildman–Crippen MR) is 117 cm³/mol. The molecule has 0 bridgehead atoms. The van der Waals surface area contributed by atoms with Gasteiger partial charge in [0, 0.05) is 37.1 Å². The summed E-state index contributed by atoms with van der Waals surface area (Å²) in [6, 6.07) is 17.2. The lowest BCUT2D eigenvalue weighted by molar-refractivity contribution is 0.610. The molecule has 5 nitrogen and oxygen atoms in total. The molecule has 0 aliphatic carbocycles. The molecule has 1 aliphatic rings. The van der Waals surface area contributed by atoms with Gasteiger partial charge in [-0.2, -0.15) is 0 Å². The van der Waals surface area contributed by atoms with Crippen LogP contribution in [0.1, 0.15) is 24.2 Å². The number of aromatic nitrogens is 2. The molecule has 2 N–H and O–H groups in total.